The van der Waals surface area contributed by atoms with Gasteiger partial charge in [0.15, 0.2) is 11.6 Å². The second kappa shape index (κ2) is 12.3. The third kappa shape index (κ3) is 6.65. The van der Waals surface area contributed by atoms with Gasteiger partial charge in [0.1, 0.15) is 6.54 Å². The van der Waals surface area contributed by atoms with E-state index in [0.717, 1.165) is 66.9 Å². The van der Waals surface area contributed by atoms with Crippen molar-refractivity contribution in [3.8, 4) is 5.69 Å². The molecule has 0 radical (unpaired) electrons. The van der Waals surface area contributed by atoms with Crippen LogP contribution in [0, 0.1) is 0 Å². The van der Waals surface area contributed by atoms with Crippen molar-refractivity contribution in [2.45, 2.75) is 13.1 Å². The first-order chi connectivity index (χ1) is 18.2. The minimum atomic E-state index is -1.26. The highest BCUT2D eigenvalue weighted by Gasteiger charge is 2.25. The van der Waals surface area contributed by atoms with E-state index in [1.165, 1.54) is 0 Å². The molecule has 38 heavy (non-hydrogen) atoms. The molecule has 0 saturated carbocycles. The molecule has 12 heteroatoms. The normalized spacial score (nSPS) is 15.6. The number of halogens is 2. The van der Waals surface area contributed by atoms with E-state index in [9.17, 15) is 9.59 Å². The minimum absolute atomic E-state index is 0.433. The van der Waals surface area contributed by atoms with Crippen LogP contribution in [0.15, 0.2) is 59.6 Å². The third-order valence-electron chi connectivity index (χ3n) is 6.09. The van der Waals surface area contributed by atoms with Crippen molar-refractivity contribution >= 4 is 40.9 Å². The van der Waals surface area contributed by atoms with Gasteiger partial charge in [-0.2, -0.15) is 0 Å². The fourth-order valence-corrected chi connectivity index (χ4v) is 4.59. The van der Waals surface area contributed by atoms with Gasteiger partial charge in [-0.1, -0.05) is 41.4 Å². The number of hydrogen-bond acceptors (Lipinski definition) is 7. The standard InChI is InChI=1S/C22H22Cl2N6.C4H4O4/c1-28-8-10-29(11-9-28)14-21-27-26-20-13-25-22(16-4-2-3-5-18(16)24)17-12-15(23)6-7-19(17)30(20)21;5-3(6)1-2-4(7)8/h2-7,12H,8-11,13-14H2,1H3;1-2H,(H,5,6)(H,7,8)/b;2-1+. The van der Waals surface area contributed by atoms with Crippen LogP contribution in [0.1, 0.15) is 22.8 Å². The average molecular weight is 557 g/mol. The fraction of sp³-hybridized carbons (Fsp3) is 0.269. The average Bonchev–Trinajstić information content (AvgIpc) is 3.20. The smallest absolute Gasteiger partial charge is 0.328 e. The molecule has 198 valence electrons. The van der Waals surface area contributed by atoms with E-state index >= 15 is 0 Å². The van der Waals surface area contributed by atoms with Crippen molar-refractivity contribution in [3.05, 3.63) is 87.4 Å². The molecular weight excluding hydrogens is 531 g/mol. The number of fused-ring (bicyclic) bond motifs is 3. The van der Waals surface area contributed by atoms with E-state index in [1.54, 1.807) is 0 Å². The number of aliphatic imine (C=N–C) groups is 1. The molecule has 2 aromatic carbocycles. The number of benzene rings is 2. The van der Waals surface area contributed by atoms with Crippen molar-refractivity contribution < 1.29 is 19.8 Å². The third-order valence-corrected chi connectivity index (χ3v) is 6.65. The van der Waals surface area contributed by atoms with Crippen LogP contribution in [0.2, 0.25) is 10.0 Å². The molecule has 0 unspecified atom stereocenters. The van der Waals surface area contributed by atoms with E-state index in [2.05, 4.69) is 31.6 Å². The van der Waals surface area contributed by atoms with Crippen LogP contribution < -0.4 is 0 Å². The molecule has 1 saturated heterocycles. The summed E-state index contributed by atoms with van der Waals surface area (Å²) in [6.07, 6.45) is 1.12. The Labute approximate surface area is 229 Å². The molecule has 10 nitrogen and oxygen atoms in total. The van der Waals surface area contributed by atoms with E-state index in [-0.39, 0.29) is 0 Å². The number of aliphatic carboxylic acids is 2. The van der Waals surface area contributed by atoms with E-state index in [0.29, 0.717) is 28.7 Å². The Bertz CT molecular complexity index is 1380. The Kier molecular flexibility index (Phi) is 8.90. The van der Waals surface area contributed by atoms with Gasteiger partial charge in [0.25, 0.3) is 0 Å². The van der Waals surface area contributed by atoms with Crippen LogP contribution in [-0.4, -0.2) is 85.7 Å². The first kappa shape index (κ1) is 27.5. The van der Waals surface area contributed by atoms with Gasteiger partial charge in [-0.3, -0.25) is 14.5 Å². The second-order valence-corrected chi connectivity index (χ2v) is 9.61. The van der Waals surface area contributed by atoms with Gasteiger partial charge in [-0.05, 0) is 31.3 Å². The van der Waals surface area contributed by atoms with Crippen LogP contribution in [0.25, 0.3) is 5.69 Å². The molecule has 2 N–H and O–H groups in total. The maximum absolute atomic E-state index is 9.55. The van der Waals surface area contributed by atoms with Crippen molar-refractivity contribution in [2.24, 2.45) is 4.99 Å². The van der Waals surface area contributed by atoms with E-state index in [1.807, 2.05) is 42.5 Å². The number of hydrogen-bond donors (Lipinski definition) is 2. The highest BCUT2D eigenvalue weighted by Crippen LogP contribution is 2.30. The highest BCUT2D eigenvalue weighted by atomic mass is 35.5. The summed E-state index contributed by atoms with van der Waals surface area (Å²) >= 11 is 12.9. The molecule has 1 fully saturated rings. The van der Waals surface area contributed by atoms with Gasteiger partial charge in [-0.15, -0.1) is 10.2 Å². The summed E-state index contributed by atoms with van der Waals surface area (Å²) in [7, 11) is 2.16. The van der Waals surface area contributed by atoms with Gasteiger partial charge in [0.05, 0.1) is 17.9 Å². The zero-order chi connectivity index (χ0) is 27.2. The monoisotopic (exact) mass is 556 g/mol. The molecule has 2 aliphatic rings. The maximum Gasteiger partial charge on any atom is 0.328 e. The second-order valence-electron chi connectivity index (χ2n) is 8.76. The van der Waals surface area contributed by atoms with Crippen LogP contribution >= 0.6 is 23.2 Å². The van der Waals surface area contributed by atoms with Crippen molar-refractivity contribution in [2.75, 3.05) is 33.2 Å². The Morgan fingerprint density at radius 3 is 2.29 bits per heavy atom. The molecular formula is C26H26Cl2N6O4. The summed E-state index contributed by atoms with van der Waals surface area (Å²) in [5.74, 6) is -0.765. The zero-order valence-electron chi connectivity index (χ0n) is 20.6. The lowest BCUT2D eigenvalue weighted by Crippen LogP contribution is -2.44. The number of nitrogens with zero attached hydrogens (tertiary/aromatic N) is 6. The molecule has 0 spiro atoms. The van der Waals surface area contributed by atoms with Crippen molar-refractivity contribution in [1.82, 2.24) is 24.6 Å². The molecule has 0 atom stereocenters. The Morgan fingerprint density at radius 2 is 1.63 bits per heavy atom. The number of carbonyl (C=O) groups is 2. The number of piperazine rings is 1. The lowest BCUT2D eigenvalue weighted by molar-refractivity contribution is -0.134. The summed E-state index contributed by atoms with van der Waals surface area (Å²) in [6.45, 7) is 5.36. The topological polar surface area (TPSA) is 124 Å². The molecule has 0 bridgehead atoms. The van der Waals surface area contributed by atoms with Crippen LogP contribution in [0.4, 0.5) is 0 Å². The van der Waals surface area contributed by atoms with Gasteiger partial charge >= 0.3 is 11.9 Å². The molecule has 3 aromatic rings. The molecule has 0 aliphatic carbocycles. The van der Waals surface area contributed by atoms with Gasteiger partial charge in [0, 0.05) is 59.5 Å². The lowest BCUT2D eigenvalue weighted by atomic mass is 10.0. The number of carboxylic acids is 2. The molecule has 5 rings (SSSR count). The molecule has 2 aliphatic heterocycles. The predicted octanol–water partition coefficient (Wildman–Crippen LogP) is 3.38. The van der Waals surface area contributed by atoms with Crippen LogP contribution in [-0.2, 0) is 22.7 Å². The number of likely N-dealkylation sites (N-methyl/N-ethyl adjacent to an activating group) is 1. The molecule has 3 heterocycles. The van der Waals surface area contributed by atoms with Gasteiger partial charge in [-0.25, -0.2) is 9.59 Å². The largest absolute Gasteiger partial charge is 0.478 e. The SMILES string of the molecule is CN1CCN(Cc2nnc3n2-c2ccc(Cl)cc2C(c2ccccc2Cl)=NC3)CC1.O=C(O)/C=C/C(=O)O. The first-order valence-corrected chi connectivity index (χ1v) is 12.6. The van der Waals surface area contributed by atoms with Crippen LogP contribution in [0.5, 0.6) is 0 Å². The van der Waals surface area contributed by atoms with E-state index < -0.39 is 11.9 Å². The summed E-state index contributed by atoms with van der Waals surface area (Å²) in [5.41, 5.74) is 3.64. The number of carboxylic acid groups (broad SMARTS) is 2. The lowest BCUT2D eigenvalue weighted by Gasteiger charge is -2.32. The summed E-state index contributed by atoms with van der Waals surface area (Å²) in [5, 5.41) is 25.9. The quantitative estimate of drug-likeness (QED) is 0.458. The Hall–Kier alpha value is -3.57. The van der Waals surface area contributed by atoms with Crippen molar-refractivity contribution in [1.29, 1.82) is 0 Å². The number of aromatic nitrogens is 3. The maximum atomic E-state index is 9.55. The Balaban J connectivity index is 0.000000368. The Morgan fingerprint density at radius 1 is 0.947 bits per heavy atom. The fourth-order valence-electron chi connectivity index (χ4n) is 4.20. The minimum Gasteiger partial charge on any atom is -0.478 e. The van der Waals surface area contributed by atoms with E-state index in [4.69, 9.17) is 38.4 Å². The zero-order valence-corrected chi connectivity index (χ0v) is 22.1. The number of rotatable bonds is 5. The highest BCUT2D eigenvalue weighted by molar-refractivity contribution is 6.36. The summed E-state index contributed by atoms with van der Waals surface area (Å²) in [6, 6.07) is 13.6. The van der Waals surface area contributed by atoms with Crippen molar-refractivity contribution in [3.63, 3.8) is 0 Å². The summed E-state index contributed by atoms with van der Waals surface area (Å²) < 4.78 is 2.14. The first-order valence-electron chi connectivity index (χ1n) is 11.8. The predicted molar refractivity (Wildman–Crippen MR) is 144 cm³/mol. The van der Waals surface area contributed by atoms with Gasteiger partial charge < -0.3 is 15.1 Å². The molecule has 0 amide bonds. The molecule has 1 aromatic heterocycles. The van der Waals surface area contributed by atoms with Crippen LogP contribution in [0.3, 0.4) is 0 Å². The summed E-state index contributed by atoms with van der Waals surface area (Å²) in [4.78, 5) is 28.8. The van der Waals surface area contributed by atoms with Gasteiger partial charge in [0.2, 0.25) is 0 Å².